The van der Waals surface area contributed by atoms with Gasteiger partial charge in [0.1, 0.15) is 17.5 Å². The lowest BCUT2D eigenvalue weighted by atomic mass is 10.2. The number of hydrogen-bond donors (Lipinski definition) is 1. The molecule has 1 aliphatic heterocycles. The van der Waals surface area contributed by atoms with E-state index in [-0.39, 0.29) is 0 Å². The largest absolute Gasteiger partial charge is 0.351 e. The van der Waals surface area contributed by atoms with Crippen molar-refractivity contribution in [2.45, 2.75) is 25.8 Å². The molecule has 0 radical (unpaired) electrons. The minimum atomic E-state index is 0.474. The molecule has 5 heteroatoms. The van der Waals surface area contributed by atoms with Gasteiger partial charge in [0.2, 0.25) is 0 Å². The molecule has 17 heavy (non-hydrogen) atoms. The lowest BCUT2D eigenvalue weighted by Gasteiger charge is -2.26. The zero-order chi connectivity index (χ0) is 12.4. The van der Waals surface area contributed by atoms with Crippen molar-refractivity contribution in [2.75, 3.05) is 25.0 Å². The number of nitrogens with one attached hydrogen (secondary N) is 1. The highest BCUT2D eigenvalue weighted by atomic mass is 15.4. The Bertz CT molecular complexity index is 442. The van der Waals surface area contributed by atoms with E-state index >= 15 is 0 Å². The fraction of sp³-hybridized carbons (Fsp3) is 0.667. The first-order valence-electron chi connectivity index (χ1n) is 6.04. The number of hydrogen-bond acceptors (Lipinski definition) is 4. The Kier molecular flexibility index (Phi) is 3.34. The predicted octanol–water partition coefficient (Wildman–Crippen LogP) is 0.788. The quantitative estimate of drug-likeness (QED) is 0.838. The van der Waals surface area contributed by atoms with E-state index in [4.69, 9.17) is 0 Å². The van der Waals surface area contributed by atoms with Crippen LogP contribution in [0.5, 0.6) is 0 Å². The van der Waals surface area contributed by atoms with Gasteiger partial charge in [0, 0.05) is 26.2 Å². The molecule has 0 saturated carbocycles. The molecule has 1 N–H and O–H groups in total. The Morgan fingerprint density at radius 2 is 2.35 bits per heavy atom. The third-order valence-electron chi connectivity index (χ3n) is 3.39. The maximum absolute atomic E-state index is 9.24. The van der Waals surface area contributed by atoms with Gasteiger partial charge in [0.15, 0.2) is 0 Å². The van der Waals surface area contributed by atoms with Gasteiger partial charge in [-0.05, 0) is 26.8 Å². The van der Waals surface area contributed by atoms with Crippen LogP contribution in [0, 0.1) is 18.3 Å². The van der Waals surface area contributed by atoms with Crippen molar-refractivity contribution < 1.29 is 0 Å². The molecular weight excluding hydrogens is 214 g/mol. The van der Waals surface area contributed by atoms with Crippen molar-refractivity contribution in [2.24, 2.45) is 7.05 Å². The molecule has 0 bridgehead atoms. The first-order chi connectivity index (χ1) is 8.19. The van der Waals surface area contributed by atoms with Gasteiger partial charge >= 0.3 is 0 Å². The summed E-state index contributed by atoms with van der Waals surface area (Å²) in [6.45, 7) is 3.86. The summed E-state index contributed by atoms with van der Waals surface area (Å²) in [6, 6.07) is 2.75. The predicted molar refractivity (Wildman–Crippen MR) is 67.0 cm³/mol. The topological polar surface area (TPSA) is 56.9 Å². The van der Waals surface area contributed by atoms with E-state index < -0.39 is 0 Å². The summed E-state index contributed by atoms with van der Waals surface area (Å²) in [4.78, 5) is 2.31. The van der Waals surface area contributed by atoms with Gasteiger partial charge in [-0.2, -0.15) is 10.4 Å². The molecule has 1 aliphatic rings. The normalized spacial score (nSPS) is 19.6. The van der Waals surface area contributed by atoms with Crippen LogP contribution in [0.2, 0.25) is 0 Å². The molecule has 0 spiro atoms. The lowest BCUT2D eigenvalue weighted by Crippen LogP contribution is -2.38. The number of anilines is 1. The van der Waals surface area contributed by atoms with E-state index in [1.165, 1.54) is 12.8 Å². The molecule has 1 unspecified atom stereocenters. The Hall–Kier alpha value is -1.54. The highest BCUT2D eigenvalue weighted by Gasteiger charge is 2.29. The van der Waals surface area contributed by atoms with Gasteiger partial charge < -0.3 is 10.2 Å². The Morgan fingerprint density at radius 1 is 1.59 bits per heavy atom. The second kappa shape index (κ2) is 4.76. The summed E-state index contributed by atoms with van der Waals surface area (Å²) in [5.41, 5.74) is 1.54. The van der Waals surface area contributed by atoms with Gasteiger partial charge in [-0.1, -0.05) is 0 Å². The summed E-state index contributed by atoms with van der Waals surface area (Å²) in [7, 11) is 3.88. The van der Waals surface area contributed by atoms with Crippen LogP contribution in [0.15, 0.2) is 0 Å². The average Bonchev–Trinajstić information content (AvgIpc) is 2.83. The van der Waals surface area contributed by atoms with Crippen LogP contribution in [-0.4, -0.2) is 36.0 Å². The van der Waals surface area contributed by atoms with E-state index in [0.29, 0.717) is 6.04 Å². The van der Waals surface area contributed by atoms with Crippen molar-refractivity contribution in [3.8, 4) is 6.07 Å². The molecule has 0 amide bonds. The van der Waals surface area contributed by atoms with Crippen molar-refractivity contribution in [3.63, 3.8) is 0 Å². The first-order valence-corrected chi connectivity index (χ1v) is 6.04. The van der Waals surface area contributed by atoms with Crippen LogP contribution in [0.3, 0.4) is 0 Å². The lowest BCUT2D eigenvalue weighted by molar-refractivity contribution is 0.598. The van der Waals surface area contributed by atoms with Crippen LogP contribution in [0.25, 0.3) is 0 Å². The summed E-state index contributed by atoms with van der Waals surface area (Å²) in [6.07, 6.45) is 2.36. The van der Waals surface area contributed by atoms with Gasteiger partial charge in [0.25, 0.3) is 0 Å². The number of nitriles is 1. The fourth-order valence-electron chi connectivity index (χ4n) is 2.67. The number of nitrogens with zero attached hydrogens (tertiary/aromatic N) is 4. The molecule has 92 valence electrons. The number of aryl methyl sites for hydroxylation is 2. The molecule has 1 aromatic heterocycles. The molecule has 1 saturated heterocycles. The van der Waals surface area contributed by atoms with Crippen molar-refractivity contribution in [3.05, 3.63) is 11.3 Å². The van der Waals surface area contributed by atoms with Crippen molar-refractivity contribution in [1.82, 2.24) is 15.1 Å². The van der Waals surface area contributed by atoms with E-state index in [0.717, 1.165) is 30.2 Å². The molecule has 0 aromatic carbocycles. The minimum Gasteiger partial charge on any atom is -0.351 e. The Labute approximate surface area is 102 Å². The number of aromatic nitrogens is 2. The summed E-state index contributed by atoms with van der Waals surface area (Å²) >= 11 is 0. The maximum Gasteiger partial charge on any atom is 0.145 e. The third kappa shape index (κ3) is 2.01. The summed E-state index contributed by atoms with van der Waals surface area (Å²) in [5.74, 6) is 0.975. The molecule has 1 atom stereocenters. The number of likely N-dealkylation sites (N-methyl/N-ethyl adjacent to an activating group) is 1. The molecular formula is C12H19N5. The fourth-order valence-corrected chi connectivity index (χ4v) is 2.67. The second-order valence-electron chi connectivity index (χ2n) is 4.57. The monoisotopic (exact) mass is 233 g/mol. The molecule has 5 nitrogen and oxygen atoms in total. The maximum atomic E-state index is 9.24. The first kappa shape index (κ1) is 11.9. The highest BCUT2D eigenvalue weighted by Crippen LogP contribution is 2.29. The molecule has 0 aliphatic carbocycles. The van der Waals surface area contributed by atoms with Crippen LogP contribution in [-0.2, 0) is 7.05 Å². The van der Waals surface area contributed by atoms with Gasteiger partial charge in [-0.25, -0.2) is 0 Å². The van der Waals surface area contributed by atoms with Crippen LogP contribution >= 0.6 is 0 Å². The van der Waals surface area contributed by atoms with Gasteiger partial charge in [-0.3, -0.25) is 4.68 Å². The number of rotatable bonds is 3. The SMILES string of the molecule is CNCC1CCCN1c1c(C#N)c(C)nn1C. The Balaban J connectivity index is 2.36. The molecule has 1 fully saturated rings. The zero-order valence-corrected chi connectivity index (χ0v) is 10.7. The van der Waals surface area contributed by atoms with E-state index in [1.54, 1.807) is 0 Å². The minimum absolute atomic E-state index is 0.474. The standard InChI is InChI=1S/C12H19N5/c1-9-11(7-13)12(16(3)15-9)17-6-4-5-10(17)8-14-2/h10,14H,4-6,8H2,1-3H3. The Morgan fingerprint density at radius 3 is 3.00 bits per heavy atom. The van der Waals surface area contributed by atoms with E-state index in [2.05, 4.69) is 21.4 Å². The highest BCUT2D eigenvalue weighted by molar-refractivity contribution is 5.58. The average molecular weight is 233 g/mol. The summed E-state index contributed by atoms with van der Waals surface area (Å²) < 4.78 is 1.84. The molecule has 2 rings (SSSR count). The summed E-state index contributed by atoms with van der Waals surface area (Å²) in [5, 5.41) is 16.8. The van der Waals surface area contributed by atoms with Crippen molar-refractivity contribution >= 4 is 5.82 Å². The zero-order valence-electron chi connectivity index (χ0n) is 10.7. The smallest absolute Gasteiger partial charge is 0.145 e. The second-order valence-corrected chi connectivity index (χ2v) is 4.57. The van der Waals surface area contributed by atoms with Crippen LogP contribution < -0.4 is 10.2 Å². The molecule has 1 aromatic rings. The van der Waals surface area contributed by atoms with Crippen molar-refractivity contribution in [1.29, 1.82) is 5.26 Å². The molecule has 2 heterocycles. The van der Waals surface area contributed by atoms with Gasteiger partial charge in [-0.15, -0.1) is 0 Å². The van der Waals surface area contributed by atoms with Crippen LogP contribution in [0.1, 0.15) is 24.1 Å². The van der Waals surface area contributed by atoms with Crippen LogP contribution in [0.4, 0.5) is 5.82 Å². The van der Waals surface area contributed by atoms with E-state index in [1.807, 2.05) is 25.7 Å². The third-order valence-corrected chi connectivity index (χ3v) is 3.39. The van der Waals surface area contributed by atoms with Gasteiger partial charge in [0.05, 0.1) is 5.69 Å². The van der Waals surface area contributed by atoms with E-state index in [9.17, 15) is 5.26 Å².